The van der Waals surface area contributed by atoms with Gasteiger partial charge in [-0.25, -0.2) is 0 Å². The average Bonchev–Trinajstić information content (AvgIpc) is 3.11. The van der Waals surface area contributed by atoms with Crippen molar-refractivity contribution in [2.24, 2.45) is 105 Å². The van der Waals surface area contributed by atoms with Crippen molar-refractivity contribution in [2.75, 3.05) is 0 Å². The van der Waals surface area contributed by atoms with Crippen molar-refractivity contribution >= 4 is 0 Å². The minimum Gasteiger partial charge on any atom is -0.0585 e. The van der Waals surface area contributed by atoms with E-state index in [4.69, 9.17) is 0 Å². The van der Waals surface area contributed by atoms with Crippen LogP contribution in [0.2, 0.25) is 0 Å². The van der Waals surface area contributed by atoms with Crippen LogP contribution in [0.3, 0.4) is 0 Å². The van der Waals surface area contributed by atoms with Crippen molar-refractivity contribution in [2.45, 2.75) is 19.8 Å². The summed E-state index contributed by atoms with van der Waals surface area (Å²) in [6.07, 6.45) is 3.52. The van der Waals surface area contributed by atoms with Gasteiger partial charge in [-0.05, 0) is 118 Å². The monoisotopic (exact) mass is 274 g/mol. The topological polar surface area (TPSA) is 0 Å². The highest BCUT2D eigenvalue weighted by Gasteiger charge is 3.10. The van der Waals surface area contributed by atoms with Gasteiger partial charge in [0.25, 0.3) is 0 Å². The van der Waals surface area contributed by atoms with Crippen molar-refractivity contribution in [1.29, 1.82) is 0 Å². The van der Waals surface area contributed by atoms with Gasteiger partial charge < -0.3 is 0 Å². The fourth-order valence-corrected chi connectivity index (χ4v) is 16.8. The summed E-state index contributed by atoms with van der Waals surface area (Å²) in [6, 6.07) is 0. The lowest BCUT2D eigenvalue weighted by Gasteiger charge is -2.55. The molecule has 12 saturated carbocycles. The molecule has 0 aromatic carbocycles. The molecule has 106 valence electrons. The molecule has 0 aromatic rings. The second-order valence-corrected chi connectivity index (χ2v) is 12.2. The first-order chi connectivity index (χ1) is 10.3. The third kappa shape index (κ3) is 0.350. The molecular weight excluding hydrogens is 252 g/mol. The van der Waals surface area contributed by atoms with E-state index in [0.29, 0.717) is 0 Å². The minimum absolute atomic E-state index is 0.898. The highest BCUT2D eigenvalue weighted by molar-refractivity contribution is 5.56. The molecule has 12 fully saturated rings. The first kappa shape index (κ1) is 8.74. The largest absolute Gasteiger partial charge is 0.0585 e. The smallest absolute Gasteiger partial charge is 0.0111 e. The van der Waals surface area contributed by atoms with Gasteiger partial charge in [-0.2, -0.15) is 0 Å². The molecule has 0 radical (unpaired) electrons. The van der Waals surface area contributed by atoms with Gasteiger partial charge in [0.05, 0.1) is 0 Å². The summed E-state index contributed by atoms with van der Waals surface area (Å²) in [6.45, 7) is 2.94. The predicted octanol–water partition coefficient (Wildman–Crippen LogP) is 3.14. The average molecular weight is 274 g/mol. The number of hydrogen-bond donors (Lipinski definition) is 0. The van der Waals surface area contributed by atoms with E-state index < -0.39 is 0 Å². The van der Waals surface area contributed by atoms with Crippen LogP contribution in [0.5, 0.6) is 0 Å². The van der Waals surface area contributed by atoms with Crippen LogP contribution in [0, 0.1) is 105 Å². The molecule has 0 nitrogen and oxygen atoms in total. The second kappa shape index (κ2) is 1.71. The Kier molecular flexibility index (Phi) is 0.711. The Morgan fingerprint density at radius 1 is 0.571 bits per heavy atom. The van der Waals surface area contributed by atoms with E-state index in [-0.39, 0.29) is 0 Å². The van der Waals surface area contributed by atoms with Crippen molar-refractivity contribution in [3.05, 3.63) is 0 Å². The van der Waals surface area contributed by atoms with Crippen molar-refractivity contribution in [1.82, 2.24) is 0 Å². The lowest BCUT2D eigenvalue weighted by atomic mass is 9.49. The summed E-state index contributed by atoms with van der Waals surface area (Å²) < 4.78 is 0. The van der Waals surface area contributed by atoms with Crippen LogP contribution >= 0.6 is 0 Å². The summed E-state index contributed by atoms with van der Waals surface area (Å²) >= 11 is 0. The molecular formula is C21H22. The van der Waals surface area contributed by atoms with E-state index in [9.17, 15) is 0 Å². The molecule has 0 aliphatic heterocycles. The predicted molar refractivity (Wildman–Crippen MR) is 74.6 cm³/mol. The van der Waals surface area contributed by atoms with Crippen LogP contribution in [0.1, 0.15) is 19.8 Å². The van der Waals surface area contributed by atoms with Crippen LogP contribution in [0.25, 0.3) is 0 Å². The molecule has 12 rings (SSSR count). The SMILES string of the molecule is CC12[C@@H]3[C@@H]4[C@H]5C6[C@H]7[C@H]4[C@H]1[C@@H]1[C@@H]7[C@@H]4C[C@H]1C21[C@@H]2C[C@@H]([C@@H]5[C@@H]32)C641. The molecule has 0 aromatic heterocycles. The maximum atomic E-state index is 2.94. The molecule has 4 unspecified atom stereocenters. The number of rotatable bonds is 0. The molecule has 0 N–H and O–H groups in total. The first-order valence-corrected chi connectivity index (χ1v) is 10.3. The van der Waals surface area contributed by atoms with Gasteiger partial charge in [-0.1, -0.05) is 6.92 Å². The van der Waals surface area contributed by atoms with Crippen molar-refractivity contribution in [3.8, 4) is 0 Å². The molecule has 2 spiro atoms. The first-order valence-electron chi connectivity index (χ1n) is 10.3. The van der Waals surface area contributed by atoms with Crippen LogP contribution < -0.4 is 0 Å². The van der Waals surface area contributed by atoms with E-state index in [0.717, 1.165) is 16.2 Å². The molecule has 0 heterocycles. The molecule has 4 bridgehead atoms. The number of hydrogen-bond acceptors (Lipinski definition) is 0. The van der Waals surface area contributed by atoms with Gasteiger partial charge in [0.2, 0.25) is 0 Å². The Morgan fingerprint density at radius 3 is 1.67 bits per heavy atom. The Hall–Kier alpha value is 0. The zero-order valence-electron chi connectivity index (χ0n) is 12.6. The Labute approximate surface area is 125 Å². The highest BCUT2D eigenvalue weighted by Crippen LogP contribution is 3.13. The minimum atomic E-state index is 0.898. The van der Waals surface area contributed by atoms with Crippen LogP contribution in [-0.2, 0) is 0 Å². The Morgan fingerprint density at radius 2 is 1.10 bits per heavy atom. The lowest BCUT2D eigenvalue weighted by molar-refractivity contribution is -0.0913. The standard InChI is InChI=1S/C21H22/c1-19-16-10-6-2-4-8(10)12-14(16)15-13-9-5-3-7(11(9)17(15)19)21(6,19)20(4,5)18(12)13/h4-18H,2-3H2,1H3/t4-,5-,6+,7+,8-,9+,10-,11-,12+,13-,14+,15+,16+,17-,18?,19?,20?,21?/m0/s1. The maximum Gasteiger partial charge on any atom is -0.0111 e. The summed E-state index contributed by atoms with van der Waals surface area (Å²) in [4.78, 5) is 0. The zero-order valence-corrected chi connectivity index (χ0v) is 12.6. The summed E-state index contributed by atoms with van der Waals surface area (Å²) in [7, 11) is 0. The summed E-state index contributed by atoms with van der Waals surface area (Å²) in [5, 5.41) is 0. The fraction of sp³-hybridized carbons (Fsp3) is 1.00. The molecule has 12 aliphatic carbocycles. The van der Waals surface area contributed by atoms with Gasteiger partial charge >= 0.3 is 0 Å². The summed E-state index contributed by atoms with van der Waals surface area (Å²) in [5.74, 6) is 19.4. The Bertz CT molecular complexity index is 721. The maximum absolute atomic E-state index is 2.94. The van der Waals surface area contributed by atoms with Crippen molar-refractivity contribution in [3.63, 3.8) is 0 Å². The molecule has 0 amide bonds. The third-order valence-corrected chi connectivity index (χ3v) is 14.4. The van der Waals surface area contributed by atoms with Crippen LogP contribution in [-0.4, -0.2) is 0 Å². The van der Waals surface area contributed by atoms with Gasteiger partial charge in [-0.3, -0.25) is 0 Å². The lowest BCUT2D eigenvalue weighted by Crippen LogP contribution is -2.52. The van der Waals surface area contributed by atoms with Gasteiger partial charge in [-0.15, -0.1) is 0 Å². The second-order valence-electron chi connectivity index (χ2n) is 12.2. The molecule has 0 saturated heterocycles. The third-order valence-electron chi connectivity index (χ3n) is 14.4. The van der Waals surface area contributed by atoms with Gasteiger partial charge in [0.1, 0.15) is 0 Å². The van der Waals surface area contributed by atoms with Crippen molar-refractivity contribution < 1.29 is 0 Å². The van der Waals surface area contributed by atoms with Gasteiger partial charge in [0.15, 0.2) is 0 Å². The zero-order chi connectivity index (χ0) is 12.6. The van der Waals surface area contributed by atoms with E-state index in [2.05, 4.69) is 6.92 Å². The molecule has 12 aliphatic rings. The van der Waals surface area contributed by atoms with Crippen LogP contribution in [0.4, 0.5) is 0 Å². The Balaban J connectivity index is 1.58. The van der Waals surface area contributed by atoms with E-state index >= 15 is 0 Å². The molecule has 21 heavy (non-hydrogen) atoms. The fourth-order valence-electron chi connectivity index (χ4n) is 16.8. The molecule has 0 heteroatoms. The van der Waals surface area contributed by atoms with Crippen LogP contribution in [0.15, 0.2) is 0 Å². The van der Waals surface area contributed by atoms with E-state index in [1.807, 2.05) is 0 Å². The highest BCUT2D eigenvalue weighted by atomic mass is 15.1. The van der Waals surface area contributed by atoms with E-state index in [1.165, 1.54) is 88.8 Å². The van der Waals surface area contributed by atoms with Gasteiger partial charge in [0, 0.05) is 0 Å². The summed E-state index contributed by atoms with van der Waals surface area (Å²) in [5.41, 5.74) is 2.87. The van der Waals surface area contributed by atoms with E-state index in [1.54, 1.807) is 12.8 Å². The quantitative estimate of drug-likeness (QED) is 0.636. The molecule has 18 atom stereocenters. The normalized spacial score (nSPS) is 107.